The Morgan fingerprint density at radius 1 is 1.21 bits per heavy atom. The topological polar surface area (TPSA) is 106 Å². The maximum absolute atomic E-state index is 13.0. The molecule has 1 atom stereocenters. The number of carboxylic acid groups (broad SMARTS) is 1. The molecule has 1 aromatic heterocycles. The summed E-state index contributed by atoms with van der Waals surface area (Å²) in [4.78, 5) is 29.6. The van der Waals surface area contributed by atoms with Crippen LogP contribution in [0.3, 0.4) is 0 Å². The number of hydrogen-bond acceptors (Lipinski definition) is 7. The smallest absolute Gasteiger partial charge is 0.338 e. The van der Waals surface area contributed by atoms with E-state index in [0.717, 1.165) is 5.56 Å². The fraction of sp³-hybridized carbons (Fsp3) is 0.250. The number of carbonyl (C=O) groups is 2. The third-order valence-electron chi connectivity index (χ3n) is 5.29. The summed E-state index contributed by atoms with van der Waals surface area (Å²) in [5, 5.41) is 18.7. The third kappa shape index (κ3) is 4.80. The standard InChI is InChI=1S/C24H23ClN4O4S/c1-3-12-33-22(32)19-14(2)26-23-27-24(34-13-15-8-4-7-11-18(15)25)28-29(23)20(19)16-9-5-6-10-17(16)21(30)31/h4-11,20H,3,12-13H2,1-2H3,(H,30,31)(H,26,27,28). The summed E-state index contributed by atoms with van der Waals surface area (Å²) in [6, 6.07) is 13.3. The van der Waals surface area contributed by atoms with Gasteiger partial charge in [-0.05, 0) is 36.6 Å². The van der Waals surface area contributed by atoms with Gasteiger partial charge in [-0.1, -0.05) is 66.7 Å². The molecule has 2 N–H and O–H groups in total. The minimum Gasteiger partial charge on any atom is -0.478 e. The molecule has 2 heterocycles. The van der Waals surface area contributed by atoms with E-state index in [-0.39, 0.29) is 12.2 Å². The number of aromatic carboxylic acids is 1. The number of ether oxygens (including phenoxy) is 1. The number of nitrogens with one attached hydrogen (secondary N) is 1. The van der Waals surface area contributed by atoms with Gasteiger partial charge in [0.2, 0.25) is 11.1 Å². The van der Waals surface area contributed by atoms with E-state index in [1.165, 1.54) is 17.8 Å². The molecule has 4 rings (SSSR count). The van der Waals surface area contributed by atoms with Crippen molar-refractivity contribution in [1.29, 1.82) is 0 Å². The summed E-state index contributed by atoms with van der Waals surface area (Å²) in [6.45, 7) is 3.91. The number of rotatable bonds is 8. The number of thioether (sulfide) groups is 1. The number of carboxylic acids is 1. The molecule has 0 saturated carbocycles. The highest BCUT2D eigenvalue weighted by Crippen LogP contribution is 2.38. The molecule has 1 aliphatic heterocycles. The lowest BCUT2D eigenvalue weighted by Gasteiger charge is -2.28. The van der Waals surface area contributed by atoms with Crippen molar-refractivity contribution in [3.05, 3.63) is 81.5 Å². The number of esters is 1. The third-order valence-corrected chi connectivity index (χ3v) is 6.55. The van der Waals surface area contributed by atoms with E-state index in [2.05, 4.69) is 15.4 Å². The number of aromatic nitrogens is 3. The van der Waals surface area contributed by atoms with Crippen LogP contribution < -0.4 is 5.32 Å². The molecule has 0 amide bonds. The highest BCUT2D eigenvalue weighted by Gasteiger charge is 2.37. The number of anilines is 1. The van der Waals surface area contributed by atoms with Gasteiger partial charge in [-0.25, -0.2) is 14.3 Å². The van der Waals surface area contributed by atoms with Crippen molar-refractivity contribution in [2.45, 2.75) is 37.2 Å². The highest BCUT2D eigenvalue weighted by molar-refractivity contribution is 7.98. The average Bonchev–Trinajstić information content (AvgIpc) is 3.23. The Balaban J connectivity index is 1.75. The summed E-state index contributed by atoms with van der Waals surface area (Å²) < 4.78 is 6.98. The van der Waals surface area contributed by atoms with E-state index in [9.17, 15) is 14.7 Å². The second kappa shape index (κ2) is 10.3. The molecule has 1 aliphatic rings. The summed E-state index contributed by atoms with van der Waals surface area (Å²) in [5.41, 5.74) is 2.28. The number of nitrogens with zero attached hydrogens (tertiary/aromatic N) is 3. The molecule has 0 radical (unpaired) electrons. The van der Waals surface area contributed by atoms with Gasteiger partial charge in [-0.15, -0.1) is 5.10 Å². The fourth-order valence-corrected chi connectivity index (χ4v) is 4.82. The van der Waals surface area contributed by atoms with Crippen molar-refractivity contribution in [3.8, 4) is 0 Å². The average molecular weight is 499 g/mol. The van der Waals surface area contributed by atoms with Crippen LogP contribution in [0, 0.1) is 0 Å². The first-order valence-corrected chi connectivity index (χ1v) is 12.1. The van der Waals surface area contributed by atoms with Gasteiger partial charge in [-0.2, -0.15) is 4.98 Å². The zero-order valence-corrected chi connectivity index (χ0v) is 20.2. The van der Waals surface area contributed by atoms with Crippen molar-refractivity contribution in [1.82, 2.24) is 14.8 Å². The van der Waals surface area contributed by atoms with E-state index >= 15 is 0 Å². The lowest BCUT2D eigenvalue weighted by Crippen LogP contribution is -2.30. The zero-order chi connectivity index (χ0) is 24.2. The van der Waals surface area contributed by atoms with Gasteiger partial charge in [0.25, 0.3) is 0 Å². The number of hydrogen-bond donors (Lipinski definition) is 2. The van der Waals surface area contributed by atoms with Crippen LogP contribution in [0.4, 0.5) is 5.95 Å². The van der Waals surface area contributed by atoms with Gasteiger partial charge in [0.05, 0.1) is 17.7 Å². The maximum Gasteiger partial charge on any atom is 0.338 e. The minimum atomic E-state index is -1.09. The molecule has 0 aliphatic carbocycles. The van der Waals surface area contributed by atoms with Gasteiger partial charge in [0.1, 0.15) is 6.04 Å². The molecule has 34 heavy (non-hydrogen) atoms. The minimum absolute atomic E-state index is 0.0784. The predicted molar refractivity (Wildman–Crippen MR) is 130 cm³/mol. The molecule has 10 heteroatoms. The van der Waals surface area contributed by atoms with Crippen molar-refractivity contribution < 1.29 is 19.4 Å². The Bertz CT molecular complexity index is 1270. The van der Waals surface area contributed by atoms with Crippen LogP contribution in [0.15, 0.2) is 65.0 Å². The normalized spacial score (nSPS) is 15.0. The van der Waals surface area contributed by atoms with Gasteiger partial charge in [-0.3, -0.25) is 0 Å². The maximum atomic E-state index is 13.0. The van der Waals surface area contributed by atoms with Gasteiger partial charge in [0, 0.05) is 16.5 Å². The second-order valence-corrected chi connectivity index (χ2v) is 8.99. The van der Waals surface area contributed by atoms with Crippen molar-refractivity contribution in [2.75, 3.05) is 11.9 Å². The Morgan fingerprint density at radius 2 is 1.94 bits per heavy atom. The summed E-state index contributed by atoms with van der Waals surface area (Å²) in [5.74, 6) is -0.653. The van der Waals surface area contributed by atoms with E-state index < -0.39 is 18.0 Å². The molecular formula is C24H23ClN4O4S. The first-order chi connectivity index (χ1) is 16.4. The quantitative estimate of drug-likeness (QED) is 0.324. The summed E-state index contributed by atoms with van der Waals surface area (Å²) in [6.07, 6.45) is 0.666. The molecular weight excluding hydrogens is 476 g/mol. The van der Waals surface area contributed by atoms with Crippen LogP contribution in [-0.2, 0) is 15.3 Å². The Kier molecular flexibility index (Phi) is 7.23. The summed E-state index contributed by atoms with van der Waals surface area (Å²) >= 11 is 7.67. The fourth-order valence-electron chi connectivity index (χ4n) is 3.70. The van der Waals surface area contributed by atoms with Crippen LogP contribution >= 0.6 is 23.4 Å². The van der Waals surface area contributed by atoms with Crippen molar-refractivity contribution >= 4 is 41.2 Å². The molecule has 8 nitrogen and oxygen atoms in total. The molecule has 176 valence electrons. The van der Waals surface area contributed by atoms with Gasteiger partial charge in [0.15, 0.2) is 0 Å². The van der Waals surface area contributed by atoms with E-state index in [1.807, 2.05) is 31.2 Å². The Labute approximate surface area is 206 Å². The van der Waals surface area contributed by atoms with E-state index in [1.54, 1.807) is 29.8 Å². The lowest BCUT2D eigenvalue weighted by molar-refractivity contribution is -0.139. The molecule has 3 aromatic rings. The number of halogens is 1. The molecule has 0 saturated heterocycles. The summed E-state index contributed by atoms with van der Waals surface area (Å²) in [7, 11) is 0. The molecule has 0 spiro atoms. The number of allylic oxidation sites excluding steroid dienone is 1. The van der Waals surface area contributed by atoms with Crippen molar-refractivity contribution in [2.24, 2.45) is 0 Å². The van der Waals surface area contributed by atoms with Crippen LogP contribution in [0.1, 0.15) is 47.8 Å². The van der Waals surface area contributed by atoms with Gasteiger partial charge < -0.3 is 15.2 Å². The SMILES string of the molecule is CCCOC(=O)C1=C(C)Nc2nc(SCc3ccccc3Cl)nn2C1c1ccccc1C(=O)O. The molecule has 0 bridgehead atoms. The van der Waals surface area contributed by atoms with Crippen LogP contribution in [0.25, 0.3) is 0 Å². The number of benzene rings is 2. The van der Waals surface area contributed by atoms with E-state index in [0.29, 0.717) is 45.1 Å². The number of carbonyl (C=O) groups excluding carboxylic acids is 1. The van der Waals surface area contributed by atoms with Crippen LogP contribution in [0.5, 0.6) is 0 Å². The monoisotopic (exact) mass is 498 g/mol. The van der Waals surface area contributed by atoms with Crippen LogP contribution in [0.2, 0.25) is 5.02 Å². The lowest BCUT2D eigenvalue weighted by atomic mass is 9.92. The van der Waals surface area contributed by atoms with Gasteiger partial charge >= 0.3 is 11.9 Å². The first kappa shape index (κ1) is 23.8. The zero-order valence-electron chi connectivity index (χ0n) is 18.6. The van der Waals surface area contributed by atoms with Crippen LogP contribution in [-0.4, -0.2) is 38.4 Å². The number of fused-ring (bicyclic) bond motifs is 1. The highest BCUT2D eigenvalue weighted by atomic mass is 35.5. The molecule has 0 fully saturated rings. The first-order valence-electron chi connectivity index (χ1n) is 10.7. The predicted octanol–water partition coefficient (Wildman–Crippen LogP) is 5.16. The largest absolute Gasteiger partial charge is 0.478 e. The molecule has 2 aromatic carbocycles. The van der Waals surface area contributed by atoms with Crippen molar-refractivity contribution in [3.63, 3.8) is 0 Å². The second-order valence-electron chi connectivity index (χ2n) is 7.64. The molecule has 1 unspecified atom stereocenters. The Hall–Kier alpha value is -3.30. The van der Waals surface area contributed by atoms with E-state index in [4.69, 9.17) is 16.3 Å². The Morgan fingerprint density at radius 3 is 2.68 bits per heavy atom.